The van der Waals surface area contributed by atoms with Crippen LogP contribution in [0.3, 0.4) is 0 Å². The third-order valence-electron chi connectivity index (χ3n) is 3.54. The van der Waals surface area contributed by atoms with Gasteiger partial charge in [0.2, 0.25) is 0 Å². The fourth-order valence-electron chi connectivity index (χ4n) is 1.82. The Kier molecular flexibility index (Phi) is 6.13. The van der Waals surface area contributed by atoms with Crippen molar-refractivity contribution in [3.63, 3.8) is 0 Å². The zero-order valence-electron chi connectivity index (χ0n) is 10.4. The van der Waals surface area contributed by atoms with Gasteiger partial charge in [0.1, 0.15) is 0 Å². The van der Waals surface area contributed by atoms with Crippen molar-refractivity contribution >= 4 is 23.2 Å². The molecule has 2 nitrogen and oxygen atoms in total. The Morgan fingerprint density at radius 3 is 2.00 bits per heavy atom. The van der Waals surface area contributed by atoms with Crippen LogP contribution in [0, 0.1) is 0 Å². The van der Waals surface area contributed by atoms with Gasteiger partial charge in [-0.15, -0.1) is 0 Å². The number of hydrogen-bond donors (Lipinski definition) is 0. The molecule has 92 valence electrons. The Bertz CT molecular complexity index is 204. The van der Waals surface area contributed by atoms with Gasteiger partial charge in [-0.1, -0.05) is 0 Å². The van der Waals surface area contributed by atoms with Crippen molar-refractivity contribution in [1.29, 1.82) is 0 Å². The normalized spacial score (nSPS) is 14.3. The summed E-state index contributed by atoms with van der Waals surface area (Å²) in [7, 11) is 0. The van der Waals surface area contributed by atoms with Crippen LogP contribution in [-0.2, 0) is 9.53 Å². The molecule has 0 aromatic rings. The molecule has 0 saturated carbocycles. The number of hydrogen-bond acceptors (Lipinski definition) is 2. The van der Waals surface area contributed by atoms with Crippen LogP contribution in [0.15, 0.2) is 0 Å². The van der Waals surface area contributed by atoms with Crippen LogP contribution >= 0.6 is 17.2 Å². The summed E-state index contributed by atoms with van der Waals surface area (Å²) < 4.78 is 4.94. The van der Waals surface area contributed by atoms with Crippen molar-refractivity contribution in [3.05, 3.63) is 0 Å². The predicted octanol–water partition coefficient (Wildman–Crippen LogP) is 3.71. The summed E-state index contributed by atoms with van der Waals surface area (Å²) in [5.41, 5.74) is 0. The Morgan fingerprint density at radius 2 is 1.67 bits per heavy atom. The standard InChI is InChI=1S/C11H24ClO2P/c1-5-15(12,6-2,7-3)10-8-9-14-11(4)13/h5-10H2,1-4H3. The average Bonchev–Trinajstić information content (AvgIpc) is 2.25. The van der Waals surface area contributed by atoms with E-state index in [9.17, 15) is 4.79 Å². The van der Waals surface area contributed by atoms with Crippen LogP contribution in [0.5, 0.6) is 0 Å². The number of halogens is 1. The van der Waals surface area contributed by atoms with Gasteiger partial charge >= 0.3 is 98.1 Å². The number of esters is 1. The Morgan fingerprint density at radius 1 is 1.20 bits per heavy atom. The van der Waals surface area contributed by atoms with Crippen LogP contribution in [0.1, 0.15) is 34.1 Å². The molecule has 0 aliphatic carbocycles. The molecular formula is C11H24ClO2P. The Labute approximate surface area is 98.4 Å². The van der Waals surface area contributed by atoms with Gasteiger partial charge in [0.05, 0.1) is 0 Å². The molecule has 15 heavy (non-hydrogen) atoms. The van der Waals surface area contributed by atoms with Crippen molar-refractivity contribution in [1.82, 2.24) is 0 Å². The third kappa shape index (κ3) is 4.70. The van der Waals surface area contributed by atoms with Crippen LogP contribution in [-0.4, -0.2) is 37.2 Å². The second kappa shape index (κ2) is 6.06. The van der Waals surface area contributed by atoms with Crippen LogP contribution in [0.25, 0.3) is 0 Å². The van der Waals surface area contributed by atoms with E-state index in [0.717, 1.165) is 31.1 Å². The van der Waals surface area contributed by atoms with Crippen LogP contribution in [0.4, 0.5) is 0 Å². The molecule has 0 N–H and O–H groups in total. The summed E-state index contributed by atoms with van der Waals surface area (Å²) in [5.74, 6) is -2.18. The average molecular weight is 255 g/mol. The molecule has 0 aromatic carbocycles. The van der Waals surface area contributed by atoms with Crippen molar-refractivity contribution in [2.45, 2.75) is 34.1 Å². The molecule has 0 heterocycles. The molecule has 0 aliphatic heterocycles. The molecule has 0 rings (SSSR count). The zero-order valence-corrected chi connectivity index (χ0v) is 12.0. The maximum atomic E-state index is 10.6. The first-order valence-corrected chi connectivity index (χ1v) is 9.63. The maximum absolute atomic E-state index is 10.6. The number of ether oxygens (including phenoxy) is 1. The topological polar surface area (TPSA) is 26.3 Å². The summed E-state index contributed by atoms with van der Waals surface area (Å²) in [6.45, 7) is 8.51. The number of carbonyl (C=O) groups is 1. The first kappa shape index (κ1) is 15.2. The van der Waals surface area contributed by atoms with Gasteiger partial charge in [0.15, 0.2) is 0 Å². The van der Waals surface area contributed by atoms with Crippen LogP contribution < -0.4 is 0 Å². The summed E-state index contributed by atoms with van der Waals surface area (Å²) in [6, 6.07) is 0. The van der Waals surface area contributed by atoms with Crippen molar-refractivity contribution in [2.75, 3.05) is 31.3 Å². The molecule has 0 aromatic heterocycles. The van der Waals surface area contributed by atoms with E-state index >= 15 is 0 Å². The first-order valence-electron chi connectivity index (χ1n) is 5.75. The minimum absolute atomic E-state index is 0.200. The monoisotopic (exact) mass is 254 g/mol. The quantitative estimate of drug-likeness (QED) is 0.393. The van der Waals surface area contributed by atoms with Gasteiger partial charge in [-0.2, -0.15) is 0 Å². The number of carbonyl (C=O) groups excluding carboxylic acids is 1. The fourth-order valence-corrected chi connectivity index (χ4v) is 5.39. The molecule has 0 radical (unpaired) electrons. The van der Waals surface area contributed by atoms with E-state index in [1.165, 1.54) is 6.92 Å². The molecule has 0 unspecified atom stereocenters. The predicted molar refractivity (Wildman–Crippen MR) is 70.5 cm³/mol. The molecular weight excluding hydrogens is 231 g/mol. The van der Waals surface area contributed by atoms with E-state index < -0.39 is 5.96 Å². The van der Waals surface area contributed by atoms with Gasteiger partial charge in [0.25, 0.3) is 0 Å². The second-order valence-corrected chi connectivity index (χ2v) is 13.0. The fraction of sp³-hybridized carbons (Fsp3) is 0.909. The Balaban J connectivity index is 4.14. The van der Waals surface area contributed by atoms with Gasteiger partial charge in [-0.05, 0) is 0 Å². The molecule has 0 aliphatic rings. The summed E-state index contributed by atoms with van der Waals surface area (Å²) >= 11 is 6.86. The van der Waals surface area contributed by atoms with Gasteiger partial charge in [-0.3, -0.25) is 0 Å². The molecule has 4 heteroatoms. The van der Waals surface area contributed by atoms with Crippen LogP contribution in [0.2, 0.25) is 0 Å². The molecule has 0 spiro atoms. The molecule has 0 saturated heterocycles. The van der Waals surface area contributed by atoms with Crippen molar-refractivity contribution < 1.29 is 9.53 Å². The van der Waals surface area contributed by atoms with Gasteiger partial charge in [-0.25, -0.2) is 0 Å². The molecule has 0 amide bonds. The molecule has 0 bridgehead atoms. The van der Waals surface area contributed by atoms with E-state index in [2.05, 4.69) is 20.8 Å². The van der Waals surface area contributed by atoms with Gasteiger partial charge in [0, 0.05) is 0 Å². The zero-order chi connectivity index (χ0) is 12.0. The Hall–Kier alpha value is 0.190. The van der Waals surface area contributed by atoms with E-state index in [-0.39, 0.29) is 5.97 Å². The third-order valence-corrected chi connectivity index (χ3v) is 12.4. The molecule has 0 fully saturated rings. The summed E-state index contributed by atoms with van der Waals surface area (Å²) in [5, 5.41) is 0. The first-order chi connectivity index (χ1) is 6.90. The SMILES string of the molecule is CCP(Cl)(CC)(CC)CCCOC(C)=O. The summed E-state index contributed by atoms with van der Waals surface area (Å²) in [4.78, 5) is 10.6. The molecule has 0 atom stereocenters. The van der Waals surface area contributed by atoms with Gasteiger partial charge < -0.3 is 0 Å². The minimum atomic E-state index is -1.98. The second-order valence-electron chi connectivity index (χ2n) is 4.19. The van der Waals surface area contributed by atoms with E-state index in [1.54, 1.807) is 0 Å². The van der Waals surface area contributed by atoms with E-state index in [0.29, 0.717) is 6.61 Å². The van der Waals surface area contributed by atoms with Crippen molar-refractivity contribution in [2.24, 2.45) is 0 Å². The number of rotatable bonds is 7. The van der Waals surface area contributed by atoms with Crippen molar-refractivity contribution in [3.8, 4) is 0 Å². The summed E-state index contributed by atoms with van der Waals surface area (Å²) in [6.07, 6.45) is 5.18. The van der Waals surface area contributed by atoms with E-state index in [4.69, 9.17) is 16.0 Å². The van der Waals surface area contributed by atoms with E-state index in [1.807, 2.05) is 0 Å².